The molecular weight excluding hydrogens is 216 g/mol. The van der Waals surface area contributed by atoms with Gasteiger partial charge in [-0.1, -0.05) is 87.1 Å². The van der Waals surface area contributed by atoms with Crippen LogP contribution in [0.15, 0.2) is 48.6 Å². The van der Waals surface area contributed by atoms with Gasteiger partial charge < -0.3 is 0 Å². The van der Waals surface area contributed by atoms with Gasteiger partial charge in [-0.05, 0) is 25.7 Å². The van der Waals surface area contributed by atoms with Crippen LogP contribution < -0.4 is 0 Å². The van der Waals surface area contributed by atoms with Crippen LogP contribution in [-0.2, 0) is 0 Å². The minimum absolute atomic E-state index is 1.23. The molecule has 0 spiro atoms. The first-order valence-electron chi connectivity index (χ1n) is 7.65. The van der Waals surface area contributed by atoms with Crippen molar-refractivity contribution in [1.29, 1.82) is 0 Å². The summed E-state index contributed by atoms with van der Waals surface area (Å²) in [6.45, 7) is 0. The Morgan fingerprint density at radius 1 is 0.333 bits per heavy atom. The maximum atomic E-state index is 2.28. The average Bonchev–Trinajstić information content (AvgIpc) is 2.39. The molecule has 1 aliphatic rings. The fourth-order valence-corrected chi connectivity index (χ4v) is 2.19. The molecule has 0 amide bonds. The van der Waals surface area contributed by atoms with E-state index >= 15 is 0 Å². The van der Waals surface area contributed by atoms with Crippen LogP contribution in [0.25, 0.3) is 0 Å². The minimum Gasteiger partial charge on any atom is -0.0845 e. The van der Waals surface area contributed by atoms with Crippen molar-refractivity contribution in [2.24, 2.45) is 0 Å². The van der Waals surface area contributed by atoms with Gasteiger partial charge in [0, 0.05) is 0 Å². The van der Waals surface area contributed by atoms with E-state index in [4.69, 9.17) is 0 Å². The Kier molecular flexibility index (Phi) is 10.4. The van der Waals surface area contributed by atoms with Crippen molar-refractivity contribution in [3.63, 3.8) is 0 Å². The van der Waals surface area contributed by atoms with Gasteiger partial charge in [-0.15, -0.1) is 0 Å². The highest BCUT2D eigenvalue weighted by atomic mass is 14.0. The second-order valence-electron chi connectivity index (χ2n) is 5.03. The molecule has 0 bridgehead atoms. The first-order valence-corrected chi connectivity index (χ1v) is 7.65. The summed E-state index contributed by atoms with van der Waals surface area (Å²) in [6, 6.07) is 0. The summed E-state index contributed by atoms with van der Waals surface area (Å²) in [4.78, 5) is 0. The van der Waals surface area contributed by atoms with E-state index in [1.807, 2.05) is 0 Å². The van der Waals surface area contributed by atoms with Gasteiger partial charge in [0.1, 0.15) is 0 Å². The van der Waals surface area contributed by atoms with Gasteiger partial charge in [-0.3, -0.25) is 0 Å². The Bertz CT molecular complexity index is 248. The number of hydrogen-bond donors (Lipinski definition) is 0. The molecule has 0 fully saturated rings. The summed E-state index contributed by atoms with van der Waals surface area (Å²) < 4.78 is 0. The second-order valence-corrected chi connectivity index (χ2v) is 5.03. The lowest BCUT2D eigenvalue weighted by Crippen LogP contribution is -1.81. The fourth-order valence-electron chi connectivity index (χ4n) is 2.19. The summed E-state index contributed by atoms with van der Waals surface area (Å²) >= 11 is 0. The van der Waals surface area contributed by atoms with Gasteiger partial charge in [-0.2, -0.15) is 0 Å². The molecule has 0 aromatic rings. The van der Waals surface area contributed by atoms with E-state index in [0.29, 0.717) is 0 Å². The van der Waals surface area contributed by atoms with Crippen LogP contribution in [0.5, 0.6) is 0 Å². The summed E-state index contributed by atoms with van der Waals surface area (Å²) in [6.07, 6.45) is 31.0. The minimum atomic E-state index is 1.23. The van der Waals surface area contributed by atoms with E-state index in [1.54, 1.807) is 0 Å². The molecule has 0 atom stereocenters. The van der Waals surface area contributed by atoms with Gasteiger partial charge in [0.05, 0.1) is 0 Å². The third kappa shape index (κ3) is 10.1. The SMILES string of the molecule is C1=CCCCCCCCCCC/C=C/C=C\C=C\1. The Morgan fingerprint density at radius 3 is 1.11 bits per heavy atom. The monoisotopic (exact) mass is 244 g/mol. The fraction of sp³-hybridized carbons (Fsp3) is 0.556. The highest BCUT2D eigenvalue weighted by Gasteiger charge is 1.91. The van der Waals surface area contributed by atoms with Crippen LogP contribution >= 0.6 is 0 Å². The first-order chi connectivity index (χ1) is 9.00. The first kappa shape index (κ1) is 15.0. The molecule has 0 aromatic heterocycles. The number of rotatable bonds is 0. The van der Waals surface area contributed by atoms with Gasteiger partial charge in [0.25, 0.3) is 0 Å². The zero-order valence-electron chi connectivity index (χ0n) is 11.7. The molecule has 0 unspecified atom stereocenters. The molecular formula is C18H28. The van der Waals surface area contributed by atoms with Crippen LogP contribution in [0.1, 0.15) is 64.2 Å². The lowest BCUT2D eigenvalue weighted by atomic mass is 10.1. The molecule has 0 N–H and O–H groups in total. The van der Waals surface area contributed by atoms with Crippen molar-refractivity contribution in [1.82, 2.24) is 0 Å². The second kappa shape index (κ2) is 12.4. The third-order valence-electron chi connectivity index (χ3n) is 3.32. The smallest absolute Gasteiger partial charge is 0.0348 e. The van der Waals surface area contributed by atoms with Crippen molar-refractivity contribution in [3.8, 4) is 0 Å². The van der Waals surface area contributed by atoms with Crippen molar-refractivity contribution < 1.29 is 0 Å². The molecule has 0 aromatic carbocycles. The topological polar surface area (TPSA) is 0 Å². The zero-order valence-corrected chi connectivity index (χ0v) is 11.7. The highest BCUT2D eigenvalue weighted by Crippen LogP contribution is 2.11. The summed E-state index contributed by atoms with van der Waals surface area (Å²) in [5, 5.41) is 0. The number of hydrogen-bond acceptors (Lipinski definition) is 0. The van der Waals surface area contributed by atoms with Crippen molar-refractivity contribution in [2.45, 2.75) is 64.2 Å². The number of allylic oxidation sites excluding steroid dienone is 8. The predicted molar refractivity (Wildman–Crippen MR) is 82.7 cm³/mol. The quantitative estimate of drug-likeness (QED) is 0.481. The molecule has 18 heavy (non-hydrogen) atoms. The van der Waals surface area contributed by atoms with E-state index in [1.165, 1.54) is 64.2 Å². The highest BCUT2D eigenvalue weighted by molar-refractivity contribution is 5.15. The molecule has 0 radical (unpaired) electrons. The van der Waals surface area contributed by atoms with Crippen LogP contribution in [0, 0.1) is 0 Å². The molecule has 0 heterocycles. The van der Waals surface area contributed by atoms with Crippen LogP contribution in [0.3, 0.4) is 0 Å². The molecule has 0 saturated carbocycles. The molecule has 0 nitrogen and oxygen atoms in total. The van der Waals surface area contributed by atoms with E-state index in [0.717, 1.165) is 0 Å². The molecule has 100 valence electrons. The Labute approximate surface area is 113 Å². The lowest BCUT2D eigenvalue weighted by molar-refractivity contribution is 0.571. The molecule has 1 rings (SSSR count). The van der Waals surface area contributed by atoms with Gasteiger partial charge in [0.2, 0.25) is 0 Å². The van der Waals surface area contributed by atoms with Crippen LogP contribution in [-0.4, -0.2) is 0 Å². The van der Waals surface area contributed by atoms with Crippen molar-refractivity contribution >= 4 is 0 Å². The molecule has 0 heteroatoms. The average molecular weight is 244 g/mol. The zero-order chi connectivity index (χ0) is 12.7. The maximum Gasteiger partial charge on any atom is -0.0348 e. The standard InChI is InChI=1S/C18H28/c1-2-4-6-8-10-12-14-16-18-17-15-13-11-9-7-5-3-1/h1-8H,9-18H2/b3-1-,4-2+,7-5+,8-6?. The molecule has 1 aliphatic carbocycles. The van der Waals surface area contributed by atoms with Gasteiger partial charge >= 0.3 is 0 Å². The lowest BCUT2D eigenvalue weighted by Gasteiger charge is -2.00. The Hall–Kier alpha value is -1.04. The summed E-state index contributed by atoms with van der Waals surface area (Å²) in [5.74, 6) is 0. The van der Waals surface area contributed by atoms with Crippen molar-refractivity contribution in [2.75, 3.05) is 0 Å². The summed E-state index contributed by atoms with van der Waals surface area (Å²) in [5.41, 5.74) is 0. The van der Waals surface area contributed by atoms with Gasteiger partial charge in [-0.25, -0.2) is 0 Å². The third-order valence-corrected chi connectivity index (χ3v) is 3.32. The van der Waals surface area contributed by atoms with E-state index < -0.39 is 0 Å². The van der Waals surface area contributed by atoms with E-state index in [2.05, 4.69) is 48.6 Å². The van der Waals surface area contributed by atoms with Crippen LogP contribution in [0.4, 0.5) is 0 Å². The molecule has 0 saturated heterocycles. The maximum absolute atomic E-state index is 2.28. The van der Waals surface area contributed by atoms with Crippen molar-refractivity contribution in [3.05, 3.63) is 48.6 Å². The van der Waals surface area contributed by atoms with E-state index in [9.17, 15) is 0 Å². The predicted octanol–water partition coefficient (Wildman–Crippen LogP) is 6.13. The van der Waals surface area contributed by atoms with Crippen LogP contribution in [0.2, 0.25) is 0 Å². The Morgan fingerprint density at radius 2 is 0.667 bits per heavy atom. The Balaban J connectivity index is 2.27. The normalized spacial score (nSPS) is 25.8. The molecule has 0 aliphatic heterocycles. The van der Waals surface area contributed by atoms with Gasteiger partial charge in [0.15, 0.2) is 0 Å². The largest absolute Gasteiger partial charge is 0.0845 e. The summed E-state index contributed by atoms with van der Waals surface area (Å²) in [7, 11) is 0. The van der Waals surface area contributed by atoms with E-state index in [-0.39, 0.29) is 0 Å².